The van der Waals surface area contributed by atoms with Gasteiger partial charge in [0.25, 0.3) is 10.1 Å². The molecule has 0 aliphatic heterocycles. The molecular weight excluding hydrogens is 741 g/mol. The highest BCUT2D eigenvalue weighted by Crippen LogP contribution is 2.50. The van der Waals surface area contributed by atoms with Crippen molar-refractivity contribution in [3.8, 4) is 11.5 Å². The number of carbonyl (C=O) groups is 4. The molecule has 13 heteroatoms. The number of Topliss-reactive ketones (excluding diaryl/α,β-unsaturated/α-hetero) is 4. The third-order valence-corrected chi connectivity index (χ3v) is 12.0. The van der Waals surface area contributed by atoms with Crippen LogP contribution in [0.1, 0.15) is 116 Å². The largest absolute Gasteiger partial charge is 0.457 e. The summed E-state index contributed by atoms with van der Waals surface area (Å²) >= 11 is 0. The Bertz CT molecular complexity index is 1980. The summed E-state index contributed by atoms with van der Waals surface area (Å²) in [5.41, 5.74) is -3.14. The van der Waals surface area contributed by atoms with Gasteiger partial charge < -0.3 is 23.7 Å². The summed E-state index contributed by atoms with van der Waals surface area (Å²) in [6, 6.07) is 15.8. The molecule has 56 heavy (non-hydrogen) atoms. The Kier molecular flexibility index (Phi) is 14.7. The molecule has 0 saturated heterocycles. The molecule has 0 radical (unpaired) electrons. The molecule has 1 N–H and O–H groups in total. The average Bonchev–Trinajstić information content (AvgIpc) is 3.16. The van der Waals surface area contributed by atoms with Gasteiger partial charge in [0, 0.05) is 29.4 Å². The molecule has 0 amide bonds. The van der Waals surface area contributed by atoms with Gasteiger partial charge in [-0.05, 0) is 117 Å². The van der Waals surface area contributed by atoms with Gasteiger partial charge in [0.05, 0.1) is 60.0 Å². The van der Waals surface area contributed by atoms with Crippen LogP contribution in [0.15, 0.2) is 71.6 Å². The highest BCUT2D eigenvalue weighted by Gasteiger charge is 2.59. The minimum absolute atomic E-state index is 0.00759. The molecule has 304 valence electrons. The lowest BCUT2D eigenvalue weighted by molar-refractivity contribution is -0.162. The van der Waals surface area contributed by atoms with E-state index in [2.05, 4.69) is 0 Å². The van der Waals surface area contributed by atoms with Gasteiger partial charge >= 0.3 is 0 Å². The predicted molar refractivity (Wildman–Crippen MR) is 210 cm³/mol. The second-order valence-corrected chi connectivity index (χ2v) is 16.8. The predicted octanol–water partition coefficient (Wildman–Crippen LogP) is 8.01. The quantitative estimate of drug-likeness (QED) is 0.0665. The van der Waals surface area contributed by atoms with Crippen molar-refractivity contribution in [1.29, 1.82) is 0 Å². The Morgan fingerprint density at radius 3 is 1.57 bits per heavy atom. The molecule has 1 aliphatic rings. The van der Waals surface area contributed by atoms with E-state index in [0.717, 1.165) is 37.8 Å². The summed E-state index contributed by atoms with van der Waals surface area (Å²) in [6.07, 6.45) is 3.53. The number of hydrogen-bond donors (Lipinski definition) is 1. The fraction of sp³-hybridized carbons (Fsp3) is 0.488. The maximum Gasteiger partial charge on any atom is 0.294 e. The average molecular weight is 795 g/mol. The van der Waals surface area contributed by atoms with Crippen molar-refractivity contribution in [2.45, 2.75) is 96.9 Å². The summed E-state index contributed by atoms with van der Waals surface area (Å²) in [6.45, 7) is 12.8. The SMILES string of the molecule is COCCOC1CCC(OCCOC(C)(C(C)(C)C(=O)c2ccc(C(C)=O)cc2)C(C)(C)C(=O)c2cc(Oc3ccc(S(=O)(=O)O)cc3)cc(C(C)=O)c2)CC1. The van der Waals surface area contributed by atoms with Crippen LogP contribution in [0.4, 0.5) is 0 Å². The van der Waals surface area contributed by atoms with E-state index in [1.807, 2.05) is 0 Å². The maximum atomic E-state index is 14.8. The molecule has 1 unspecified atom stereocenters. The molecule has 12 nitrogen and oxygen atoms in total. The minimum Gasteiger partial charge on any atom is -0.457 e. The molecule has 1 saturated carbocycles. The van der Waals surface area contributed by atoms with Crippen LogP contribution in [0.2, 0.25) is 0 Å². The molecule has 3 aromatic rings. The number of ether oxygens (including phenoxy) is 5. The van der Waals surface area contributed by atoms with Crippen molar-refractivity contribution in [3.05, 3.63) is 89.0 Å². The molecule has 4 rings (SSSR count). The van der Waals surface area contributed by atoms with Crippen LogP contribution < -0.4 is 4.74 Å². The standard InChI is InChI=1S/C43H54O12S/c1-28(44)30-9-11-31(12-10-30)39(46)41(3,4)43(7,54-24-23-53-35-15-13-34(14-16-35)52-22-21-51-8)42(5,6)40(47)33-25-32(29(2)45)26-37(27-33)55-36-17-19-38(20-18-36)56(48,49)50/h9-12,17-20,25-27,34-35H,13-16,21-24H2,1-8H3,(H,48,49,50). The molecule has 0 spiro atoms. The van der Waals surface area contributed by atoms with E-state index in [1.165, 1.54) is 44.2 Å². The molecule has 0 aromatic heterocycles. The smallest absolute Gasteiger partial charge is 0.294 e. The first-order valence-electron chi connectivity index (χ1n) is 18.7. The molecule has 3 aromatic carbocycles. The van der Waals surface area contributed by atoms with Crippen LogP contribution in [0.3, 0.4) is 0 Å². The third-order valence-electron chi connectivity index (χ3n) is 11.1. The van der Waals surface area contributed by atoms with Crippen LogP contribution >= 0.6 is 0 Å². The van der Waals surface area contributed by atoms with Crippen molar-refractivity contribution in [3.63, 3.8) is 0 Å². The van der Waals surface area contributed by atoms with E-state index >= 15 is 0 Å². The number of methoxy groups -OCH3 is 1. The lowest BCUT2D eigenvalue weighted by atomic mass is 9.57. The van der Waals surface area contributed by atoms with Gasteiger partial charge in [0.15, 0.2) is 23.1 Å². The highest BCUT2D eigenvalue weighted by atomic mass is 32.2. The zero-order valence-corrected chi connectivity index (χ0v) is 34.3. The number of benzene rings is 3. The summed E-state index contributed by atoms with van der Waals surface area (Å²) in [7, 11) is -2.79. The first-order valence-corrected chi connectivity index (χ1v) is 20.1. The first-order chi connectivity index (χ1) is 26.2. The maximum absolute atomic E-state index is 14.8. The van der Waals surface area contributed by atoms with Gasteiger partial charge in [0.2, 0.25) is 0 Å². The van der Waals surface area contributed by atoms with Crippen LogP contribution in [0, 0.1) is 10.8 Å². The van der Waals surface area contributed by atoms with Crippen LogP contribution in [-0.2, 0) is 29.1 Å². The number of carbonyl (C=O) groups excluding carboxylic acids is 4. The normalized spacial score (nSPS) is 17.5. The Morgan fingerprint density at radius 1 is 0.625 bits per heavy atom. The van der Waals surface area contributed by atoms with Gasteiger partial charge in [-0.1, -0.05) is 24.3 Å². The van der Waals surface area contributed by atoms with E-state index in [4.69, 9.17) is 23.7 Å². The number of rotatable bonds is 20. The Morgan fingerprint density at radius 2 is 1.09 bits per heavy atom. The third kappa shape index (κ3) is 10.4. The summed E-state index contributed by atoms with van der Waals surface area (Å²) in [5.74, 6) is -0.888. The number of hydrogen-bond acceptors (Lipinski definition) is 11. The van der Waals surface area contributed by atoms with Crippen LogP contribution in [0.5, 0.6) is 11.5 Å². The summed E-state index contributed by atoms with van der Waals surface area (Å²) in [4.78, 5) is 53.6. The van der Waals surface area contributed by atoms with Crippen LogP contribution in [0.25, 0.3) is 0 Å². The summed E-state index contributed by atoms with van der Waals surface area (Å²) < 4.78 is 62.3. The lowest BCUT2D eigenvalue weighted by Crippen LogP contribution is -2.61. The lowest BCUT2D eigenvalue weighted by Gasteiger charge is -2.52. The first kappa shape index (κ1) is 44.6. The second-order valence-electron chi connectivity index (χ2n) is 15.4. The monoisotopic (exact) mass is 794 g/mol. The molecule has 0 bridgehead atoms. The molecule has 1 aliphatic carbocycles. The Balaban J connectivity index is 1.64. The topological polar surface area (TPSA) is 169 Å². The Hall–Kier alpha value is -4.11. The molecular formula is C43H54O12S. The van der Waals surface area contributed by atoms with Crippen molar-refractivity contribution in [2.75, 3.05) is 33.5 Å². The molecule has 0 heterocycles. The fourth-order valence-electron chi connectivity index (χ4n) is 7.09. The van der Waals surface area contributed by atoms with E-state index in [0.29, 0.717) is 24.3 Å². The van der Waals surface area contributed by atoms with Crippen molar-refractivity contribution >= 4 is 33.3 Å². The van der Waals surface area contributed by atoms with Gasteiger partial charge in [-0.15, -0.1) is 0 Å². The highest BCUT2D eigenvalue weighted by molar-refractivity contribution is 7.85. The number of ketones is 4. The van der Waals surface area contributed by atoms with Gasteiger partial charge in [0.1, 0.15) is 11.5 Å². The zero-order valence-electron chi connectivity index (χ0n) is 33.5. The van der Waals surface area contributed by atoms with Gasteiger partial charge in [-0.25, -0.2) is 0 Å². The zero-order chi connectivity index (χ0) is 41.5. The van der Waals surface area contributed by atoms with E-state index in [1.54, 1.807) is 66.0 Å². The molecule has 1 fully saturated rings. The van der Waals surface area contributed by atoms with Crippen molar-refractivity contribution in [2.24, 2.45) is 10.8 Å². The van der Waals surface area contributed by atoms with Gasteiger partial charge in [-0.2, -0.15) is 8.42 Å². The Labute approximate surface area is 330 Å². The van der Waals surface area contributed by atoms with Gasteiger partial charge in [-0.3, -0.25) is 23.7 Å². The van der Waals surface area contributed by atoms with Crippen molar-refractivity contribution < 1.29 is 55.8 Å². The molecule has 1 atom stereocenters. The second kappa shape index (κ2) is 18.4. The van der Waals surface area contributed by atoms with E-state index in [-0.39, 0.29) is 70.3 Å². The van der Waals surface area contributed by atoms with Crippen molar-refractivity contribution in [1.82, 2.24) is 0 Å². The van der Waals surface area contributed by atoms with E-state index in [9.17, 15) is 32.1 Å². The fourth-order valence-corrected chi connectivity index (χ4v) is 7.57. The summed E-state index contributed by atoms with van der Waals surface area (Å²) in [5, 5.41) is 0. The van der Waals surface area contributed by atoms with E-state index < -0.39 is 32.3 Å². The van der Waals surface area contributed by atoms with Crippen LogP contribution in [-0.4, -0.2) is 87.4 Å². The minimum atomic E-state index is -4.43.